The van der Waals surface area contributed by atoms with Gasteiger partial charge in [0.25, 0.3) is 17.0 Å². The van der Waals surface area contributed by atoms with Gasteiger partial charge in [-0.3, -0.25) is 0 Å². The number of hydrogen-bond acceptors (Lipinski definition) is 3. The highest BCUT2D eigenvalue weighted by Crippen LogP contribution is 2.33. The lowest BCUT2D eigenvalue weighted by atomic mass is 10.5. The van der Waals surface area contributed by atoms with Crippen LogP contribution in [0, 0.1) is 0 Å². The molecule has 0 aromatic rings. The van der Waals surface area contributed by atoms with Crippen molar-refractivity contribution in [1.82, 2.24) is 9.13 Å². The summed E-state index contributed by atoms with van der Waals surface area (Å²) >= 11 is 0. The van der Waals surface area contributed by atoms with Crippen molar-refractivity contribution in [3.05, 3.63) is 0 Å². The Bertz CT molecular complexity index is 344. The monoisotopic (exact) mass is 384 g/mol. The summed E-state index contributed by atoms with van der Waals surface area (Å²) in [5.74, 6) is 0. The van der Waals surface area contributed by atoms with E-state index in [1.165, 1.54) is 0 Å². The van der Waals surface area contributed by atoms with E-state index in [0.29, 0.717) is 0 Å². The summed E-state index contributed by atoms with van der Waals surface area (Å²) in [7, 11) is 0.557. The summed E-state index contributed by atoms with van der Waals surface area (Å²) in [4.78, 5) is 0. The van der Waals surface area contributed by atoms with E-state index in [1.54, 1.807) is 50.4 Å². The lowest BCUT2D eigenvalue weighted by molar-refractivity contribution is -0.131. The minimum Gasteiger partial charge on any atom is -0.432 e. The molecule has 0 fully saturated rings. The third-order valence-electron chi connectivity index (χ3n) is 4.08. The summed E-state index contributed by atoms with van der Waals surface area (Å²) in [5, 5.41) is 0. The SMILES string of the molecule is CN(C)[Si](C)(CCC(F)(F)F)O[Si](C)(CCC(F)(F)F)N(C)C. The fourth-order valence-corrected chi connectivity index (χ4v) is 10.4. The van der Waals surface area contributed by atoms with Gasteiger partial charge in [0, 0.05) is 12.8 Å². The van der Waals surface area contributed by atoms with Crippen molar-refractivity contribution in [2.75, 3.05) is 28.2 Å². The Morgan fingerprint density at radius 2 is 0.957 bits per heavy atom. The van der Waals surface area contributed by atoms with Gasteiger partial charge in [0.2, 0.25) is 0 Å². The molecule has 0 radical (unpaired) electrons. The molecule has 2 atom stereocenters. The van der Waals surface area contributed by atoms with E-state index >= 15 is 0 Å². The lowest BCUT2D eigenvalue weighted by Gasteiger charge is -2.44. The summed E-state index contributed by atoms with van der Waals surface area (Å²) in [6.45, 7) is 3.25. The standard InChI is InChI=1S/C12H26F6N2OSi2/c1-19(2)22(5,9-7-11(13,14)15)21-23(6,20(3)4)10-8-12(16,17)18/h7-10H2,1-6H3. The molecule has 140 valence electrons. The minimum absolute atomic E-state index is 0.202. The quantitative estimate of drug-likeness (QED) is 0.461. The maximum absolute atomic E-state index is 12.5. The molecule has 23 heavy (non-hydrogen) atoms. The predicted octanol–water partition coefficient (Wildman–Crippen LogP) is 4.18. The van der Waals surface area contributed by atoms with Crippen molar-refractivity contribution in [2.24, 2.45) is 0 Å². The lowest BCUT2D eigenvalue weighted by Crippen LogP contribution is -2.62. The molecule has 0 aliphatic carbocycles. The van der Waals surface area contributed by atoms with E-state index < -0.39 is 42.2 Å². The molecule has 2 unspecified atom stereocenters. The largest absolute Gasteiger partial charge is 0.432 e. The Labute approximate surface area is 136 Å². The molecule has 0 N–H and O–H groups in total. The fourth-order valence-electron chi connectivity index (χ4n) is 1.95. The van der Waals surface area contributed by atoms with Crippen molar-refractivity contribution < 1.29 is 30.5 Å². The molecule has 0 saturated heterocycles. The zero-order valence-electron chi connectivity index (χ0n) is 14.4. The normalized spacial score (nSPS) is 19.0. The van der Waals surface area contributed by atoms with Crippen molar-refractivity contribution in [3.8, 4) is 0 Å². The highest BCUT2D eigenvalue weighted by atomic mass is 28.4. The first-order valence-corrected chi connectivity index (χ1v) is 12.3. The minimum atomic E-state index is -4.31. The van der Waals surface area contributed by atoms with Crippen LogP contribution in [0.2, 0.25) is 25.2 Å². The average Bonchev–Trinajstić information content (AvgIpc) is 2.32. The van der Waals surface area contributed by atoms with Crippen LogP contribution >= 0.6 is 0 Å². The third-order valence-corrected chi connectivity index (χ3v) is 13.7. The second kappa shape index (κ2) is 7.85. The Kier molecular flexibility index (Phi) is 7.81. The van der Waals surface area contributed by atoms with Crippen LogP contribution in [0.5, 0.6) is 0 Å². The average molecular weight is 385 g/mol. The van der Waals surface area contributed by atoms with E-state index in [1.807, 2.05) is 0 Å². The molecule has 0 saturated carbocycles. The second-order valence-electron chi connectivity index (χ2n) is 6.47. The van der Waals surface area contributed by atoms with Crippen LogP contribution < -0.4 is 0 Å². The van der Waals surface area contributed by atoms with Crippen LogP contribution in [0.25, 0.3) is 0 Å². The Balaban J connectivity index is 5.23. The van der Waals surface area contributed by atoms with Gasteiger partial charge in [0.15, 0.2) is 0 Å². The van der Waals surface area contributed by atoms with E-state index in [2.05, 4.69) is 0 Å². The molecule has 0 aliphatic heterocycles. The maximum Gasteiger partial charge on any atom is 0.388 e. The molecule has 0 aromatic heterocycles. The van der Waals surface area contributed by atoms with Gasteiger partial charge in [-0.2, -0.15) is 26.3 Å². The molecule has 0 aromatic carbocycles. The number of nitrogens with zero attached hydrogens (tertiary/aromatic N) is 2. The van der Waals surface area contributed by atoms with Crippen molar-refractivity contribution in [1.29, 1.82) is 0 Å². The Morgan fingerprint density at radius 1 is 0.696 bits per heavy atom. The highest BCUT2D eigenvalue weighted by molar-refractivity contribution is 6.83. The molecular formula is C12H26F6N2OSi2. The molecule has 0 spiro atoms. The predicted molar refractivity (Wildman–Crippen MR) is 82.7 cm³/mol. The zero-order chi connectivity index (χ0) is 18.7. The molecule has 11 heteroatoms. The third kappa shape index (κ3) is 8.52. The fraction of sp³-hybridized carbons (Fsp3) is 1.00. The first-order valence-electron chi connectivity index (χ1n) is 7.19. The molecule has 0 rings (SSSR count). The zero-order valence-corrected chi connectivity index (χ0v) is 16.4. The first kappa shape index (κ1) is 22.9. The van der Waals surface area contributed by atoms with Gasteiger partial charge in [-0.25, -0.2) is 0 Å². The summed E-state index contributed by atoms with van der Waals surface area (Å²) in [5.41, 5.74) is 0. The molecule has 0 heterocycles. The van der Waals surface area contributed by atoms with Crippen LogP contribution in [0.15, 0.2) is 0 Å². The van der Waals surface area contributed by atoms with Crippen LogP contribution in [0.3, 0.4) is 0 Å². The number of rotatable bonds is 8. The van der Waals surface area contributed by atoms with Gasteiger partial charge >= 0.3 is 12.4 Å². The molecule has 0 bridgehead atoms. The smallest absolute Gasteiger partial charge is 0.388 e. The molecular weight excluding hydrogens is 358 g/mol. The first-order chi connectivity index (χ1) is 10.0. The molecule has 0 aliphatic rings. The van der Waals surface area contributed by atoms with Crippen LogP contribution in [0.4, 0.5) is 26.3 Å². The molecule has 0 amide bonds. The summed E-state index contributed by atoms with van der Waals surface area (Å²) < 4.78 is 84.6. The van der Waals surface area contributed by atoms with Gasteiger partial charge in [-0.05, 0) is 53.4 Å². The Hall–Kier alpha value is -0.106. The summed E-state index contributed by atoms with van der Waals surface area (Å²) in [6, 6.07) is -0.405. The summed E-state index contributed by atoms with van der Waals surface area (Å²) in [6.07, 6.45) is -10.6. The van der Waals surface area contributed by atoms with Crippen LogP contribution in [-0.4, -0.2) is 66.6 Å². The molecule has 3 nitrogen and oxygen atoms in total. The topological polar surface area (TPSA) is 15.7 Å². The van der Waals surface area contributed by atoms with E-state index in [9.17, 15) is 26.3 Å². The van der Waals surface area contributed by atoms with E-state index in [4.69, 9.17) is 4.12 Å². The van der Waals surface area contributed by atoms with Crippen LogP contribution in [0.1, 0.15) is 12.8 Å². The van der Waals surface area contributed by atoms with Crippen molar-refractivity contribution >= 4 is 17.0 Å². The van der Waals surface area contributed by atoms with Gasteiger partial charge in [0.05, 0.1) is 0 Å². The van der Waals surface area contributed by atoms with Crippen LogP contribution in [-0.2, 0) is 4.12 Å². The second-order valence-corrected chi connectivity index (χ2v) is 14.8. The number of hydrogen-bond donors (Lipinski definition) is 0. The van der Waals surface area contributed by atoms with Gasteiger partial charge in [-0.15, -0.1) is 0 Å². The van der Waals surface area contributed by atoms with Crippen molar-refractivity contribution in [2.45, 2.75) is 50.4 Å². The Morgan fingerprint density at radius 3 is 1.13 bits per heavy atom. The number of alkyl halides is 6. The highest BCUT2D eigenvalue weighted by Gasteiger charge is 2.47. The van der Waals surface area contributed by atoms with Gasteiger partial charge in [-0.1, -0.05) is 0 Å². The van der Waals surface area contributed by atoms with E-state index in [-0.39, 0.29) is 12.1 Å². The van der Waals surface area contributed by atoms with Gasteiger partial charge in [0.1, 0.15) is 0 Å². The number of halogens is 6. The maximum atomic E-state index is 12.5. The van der Waals surface area contributed by atoms with Crippen molar-refractivity contribution in [3.63, 3.8) is 0 Å². The van der Waals surface area contributed by atoms with Gasteiger partial charge < -0.3 is 13.2 Å². The van der Waals surface area contributed by atoms with E-state index in [0.717, 1.165) is 0 Å².